The molecule has 0 aliphatic rings. The highest BCUT2D eigenvalue weighted by atomic mass is 16.4. The summed E-state index contributed by atoms with van der Waals surface area (Å²) in [5.74, 6) is -1.65. The van der Waals surface area contributed by atoms with E-state index in [0.29, 0.717) is 5.56 Å². The van der Waals surface area contributed by atoms with E-state index < -0.39 is 17.9 Å². The van der Waals surface area contributed by atoms with Crippen LogP contribution < -0.4 is 10.4 Å². The van der Waals surface area contributed by atoms with E-state index >= 15 is 0 Å². The quantitative estimate of drug-likeness (QED) is 0.697. The van der Waals surface area contributed by atoms with Crippen LogP contribution in [-0.4, -0.2) is 23.0 Å². The van der Waals surface area contributed by atoms with Crippen molar-refractivity contribution < 1.29 is 19.8 Å². The van der Waals surface area contributed by atoms with Gasteiger partial charge in [-0.05, 0) is 24.1 Å². The van der Waals surface area contributed by atoms with Crippen molar-refractivity contribution >= 4 is 11.9 Å². The molecule has 0 saturated heterocycles. The normalized spacial score (nSPS) is 11.8. The molecule has 1 atom stereocenters. The molecule has 16 heavy (non-hydrogen) atoms. The monoisotopic (exact) mass is 222 g/mol. The fourth-order valence-electron chi connectivity index (χ4n) is 1.31. The first-order valence-corrected chi connectivity index (χ1v) is 4.75. The van der Waals surface area contributed by atoms with E-state index in [9.17, 15) is 14.7 Å². The number of benzene rings is 1. The van der Waals surface area contributed by atoms with Crippen LogP contribution in [0.2, 0.25) is 0 Å². The minimum Gasteiger partial charge on any atom is -0.548 e. The Hall–Kier alpha value is -2.04. The Morgan fingerprint density at radius 1 is 1.38 bits per heavy atom. The molecule has 86 valence electrons. The zero-order valence-corrected chi connectivity index (χ0v) is 8.77. The standard InChI is InChI=1S/C11H13NO4/c1-7(13)12-10(11(15)16)6-8-2-4-9(14)5-3-8/h2-5,10,14H,6H2,1H3,(H,12,13)(H,15,16)/p-1/t10-/m1/s1. The molecule has 1 rings (SSSR count). The Kier molecular flexibility index (Phi) is 3.88. The first-order chi connectivity index (χ1) is 7.49. The third-order valence-electron chi connectivity index (χ3n) is 2.04. The molecule has 0 heterocycles. The summed E-state index contributed by atoms with van der Waals surface area (Å²) in [5.41, 5.74) is 0.695. The van der Waals surface area contributed by atoms with Gasteiger partial charge in [-0.1, -0.05) is 12.1 Å². The van der Waals surface area contributed by atoms with Crippen LogP contribution in [0.4, 0.5) is 0 Å². The van der Waals surface area contributed by atoms with Crippen LogP contribution in [0.5, 0.6) is 5.75 Å². The molecule has 0 bridgehead atoms. The van der Waals surface area contributed by atoms with Crippen molar-refractivity contribution in [1.82, 2.24) is 5.32 Å². The van der Waals surface area contributed by atoms with Gasteiger partial charge in [0.15, 0.2) is 0 Å². The number of aliphatic carboxylic acids is 1. The number of amides is 1. The van der Waals surface area contributed by atoms with Crippen molar-refractivity contribution in [3.8, 4) is 5.75 Å². The topological polar surface area (TPSA) is 89.5 Å². The summed E-state index contributed by atoms with van der Waals surface area (Å²) in [6.07, 6.45) is 0.127. The number of phenolic OH excluding ortho intramolecular Hbond substituents is 1. The van der Waals surface area contributed by atoms with Crippen LogP contribution in [0.25, 0.3) is 0 Å². The average molecular weight is 222 g/mol. The lowest BCUT2D eigenvalue weighted by Gasteiger charge is -2.18. The third-order valence-corrected chi connectivity index (χ3v) is 2.04. The predicted octanol–water partition coefficient (Wildman–Crippen LogP) is -0.811. The molecule has 5 nitrogen and oxygen atoms in total. The smallest absolute Gasteiger partial charge is 0.217 e. The first-order valence-electron chi connectivity index (χ1n) is 4.75. The lowest BCUT2D eigenvalue weighted by molar-refractivity contribution is -0.308. The summed E-state index contributed by atoms with van der Waals surface area (Å²) in [7, 11) is 0. The molecular formula is C11H12NO4-. The summed E-state index contributed by atoms with van der Waals surface area (Å²) in [5, 5.41) is 22.1. The van der Waals surface area contributed by atoms with Crippen LogP contribution in [0.3, 0.4) is 0 Å². The summed E-state index contributed by atoms with van der Waals surface area (Å²) in [6.45, 7) is 1.24. The van der Waals surface area contributed by atoms with E-state index in [0.717, 1.165) is 0 Å². The first kappa shape index (κ1) is 12.0. The number of carbonyl (C=O) groups is 2. The van der Waals surface area contributed by atoms with Gasteiger partial charge in [0, 0.05) is 6.92 Å². The van der Waals surface area contributed by atoms with Gasteiger partial charge in [0.05, 0.1) is 12.0 Å². The van der Waals surface area contributed by atoms with Gasteiger partial charge in [-0.15, -0.1) is 0 Å². The second kappa shape index (κ2) is 5.16. The number of hydrogen-bond acceptors (Lipinski definition) is 4. The fraction of sp³-hybridized carbons (Fsp3) is 0.273. The van der Waals surface area contributed by atoms with Gasteiger partial charge in [-0.3, -0.25) is 4.79 Å². The molecule has 0 saturated carbocycles. The van der Waals surface area contributed by atoms with Crippen molar-refractivity contribution in [2.75, 3.05) is 0 Å². The largest absolute Gasteiger partial charge is 0.548 e. The van der Waals surface area contributed by atoms with Gasteiger partial charge >= 0.3 is 0 Å². The molecular weight excluding hydrogens is 210 g/mol. The van der Waals surface area contributed by atoms with Crippen LogP contribution in [0, 0.1) is 0 Å². The maximum atomic E-state index is 10.8. The Morgan fingerprint density at radius 2 is 1.94 bits per heavy atom. The molecule has 1 aromatic carbocycles. The molecule has 0 radical (unpaired) electrons. The Labute approximate surface area is 92.7 Å². The molecule has 0 spiro atoms. The fourth-order valence-corrected chi connectivity index (χ4v) is 1.31. The molecule has 0 fully saturated rings. The maximum Gasteiger partial charge on any atom is 0.217 e. The molecule has 0 unspecified atom stereocenters. The minimum absolute atomic E-state index is 0.105. The molecule has 5 heteroatoms. The third kappa shape index (κ3) is 3.61. The summed E-state index contributed by atoms with van der Waals surface area (Å²) in [6, 6.07) is 5.03. The predicted molar refractivity (Wildman–Crippen MR) is 54.4 cm³/mol. The Balaban J connectivity index is 2.71. The lowest BCUT2D eigenvalue weighted by atomic mass is 10.1. The number of phenols is 1. The molecule has 0 aromatic heterocycles. The number of carbonyl (C=O) groups excluding carboxylic acids is 2. The van der Waals surface area contributed by atoms with E-state index in [4.69, 9.17) is 5.11 Å². The number of aromatic hydroxyl groups is 1. The average Bonchev–Trinajstić information content (AvgIpc) is 2.19. The van der Waals surface area contributed by atoms with E-state index in [-0.39, 0.29) is 12.2 Å². The number of carboxylic acid groups (broad SMARTS) is 1. The highest BCUT2D eigenvalue weighted by Gasteiger charge is 2.11. The SMILES string of the molecule is CC(=O)N[C@H](Cc1ccc(O)cc1)C(=O)[O-]. The highest BCUT2D eigenvalue weighted by Crippen LogP contribution is 2.11. The van der Waals surface area contributed by atoms with Crippen molar-refractivity contribution in [2.45, 2.75) is 19.4 Å². The van der Waals surface area contributed by atoms with Crippen molar-refractivity contribution in [1.29, 1.82) is 0 Å². The summed E-state index contributed by atoms with van der Waals surface area (Å²) in [4.78, 5) is 21.5. The lowest BCUT2D eigenvalue weighted by Crippen LogP contribution is -2.48. The maximum absolute atomic E-state index is 10.8. The van der Waals surface area contributed by atoms with Crippen LogP contribution in [-0.2, 0) is 16.0 Å². The summed E-state index contributed by atoms with van der Waals surface area (Å²) < 4.78 is 0. The highest BCUT2D eigenvalue weighted by molar-refractivity contribution is 5.81. The van der Waals surface area contributed by atoms with Gasteiger partial charge in [-0.25, -0.2) is 0 Å². The van der Waals surface area contributed by atoms with E-state index in [1.165, 1.54) is 19.1 Å². The zero-order valence-electron chi connectivity index (χ0n) is 8.77. The molecule has 1 amide bonds. The second-order valence-corrected chi connectivity index (χ2v) is 3.44. The number of rotatable bonds is 4. The second-order valence-electron chi connectivity index (χ2n) is 3.44. The van der Waals surface area contributed by atoms with Crippen molar-refractivity contribution in [3.05, 3.63) is 29.8 Å². The molecule has 0 aliphatic heterocycles. The van der Waals surface area contributed by atoms with Crippen LogP contribution >= 0.6 is 0 Å². The molecule has 2 N–H and O–H groups in total. The van der Waals surface area contributed by atoms with E-state index in [2.05, 4.69) is 5.32 Å². The molecule has 1 aromatic rings. The number of hydrogen-bond donors (Lipinski definition) is 2. The van der Waals surface area contributed by atoms with Gasteiger partial charge in [0.25, 0.3) is 0 Å². The van der Waals surface area contributed by atoms with Gasteiger partial charge in [0.2, 0.25) is 5.91 Å². The van der Waals surface area contributed by atoms with Gasteiger partial charge in [-0.2, -0.15) is 0 Å². The minimum atomic E-state index is -1.33. The summed E-state index contributed by atoms with van der Waals surface area (Å²) >= 11 is 0. The Morgan fingerprint density at radius 3 is 2.38 bits per heavy atom. The van der Waals surface area contributed by atoms with Crippen molar-refractivity contribution in [3.63, 3.8) is 0 Å². The number of carboxylic acids is 1. The van der Waals surface area contributed by atoms with E-state index in [1.807, 2.05) is 0 Å². The van der Waals surface area contributed by atoms with Crippen LogP contribution in [0.15, 0.2) is 24.3 Å². The van der Waals surface area contributed by atoms with Gasteiger partial charge < -0.3 is 20.3 Å². The Bertz CT molecular complexity index is 385. The van der Waals surface area contributed by atoms with Crippen LogP contribution in [0.1, 0.15) is 12.5 Å². The van der Waals surface area contributed by atoms with Crippen molar-refractivity contribution in [2.24, 2.45) is 0 Å². The molecule has 0 aliphatic carbocycles. The number of nitrogens with one attached hydrogen (secondary N) is 1. The van der Waals surface area contributed by atoms with E-state index in [1.54, 1.807) is 12.1 Å². The zero-order chi connectivity index (χ0) is 12.1. The van der Waals surface area contributed by atoms with Gasteiger partial charge in [0.1, 0.15) is 5.75 Å².